The predicted octanol–water partition coefficient (Wildman–Crippen LogP) is 2.47. The van der Waals surface area contributed by atoms with Crippen LogP contribution in [0, 0.1) is 20.2 Å². The fourth-order valence-corrected chi connectivity index (χ4v) is 3.15. The molecule has 0 aromatic heterocycles. The van der Waals surface area contributed by atoms with E-state index in [0.29, 0.717) is 32.0 Å². The summed E-state index contributed by atoms with van der Waals surface area (Å²) in [4.78, 5) is 35.8. The van der Waals surface area contributed by atoms with Crippen molar-refractivity contribution >= 4 is 46.0 Å². The Bertz CT molecular complexity index is 1010. The summed E-state index contributed by atoms with van der Waals surface area (Å²) in [7, 11) is 0. The largest absolute Gasteiger partial charge is 0.378 e. The zero-order chi connectivity index (χ0) is 21.7. The van der Waals surface area contributed by atoms with Gasteiger partial charge in [0.2, 0.25) is 0 Å². The van der Waals surface area contributed by atoms with E-state index < -0.39 is 15.8 Å². The Morgan fingerprint density at radius 3 is 2.37 bits per heavy atom. The van der Waals surface area contributed by atoms with Gasteiger partial charge in [0.25, 0.3) is 17.3 Å². The molecule has 0 unspecified atom stereocenters. The monoisotopic (exact) mass is 431 g/mol. The highest BCUT2D eigenvalue weighted by Crippen LogP contribution is 2.30. The number of nitro groups is 2. The van der Waals surface area contributed by atoms with Crippen LogP contribution in [-0.4, -0.2) is 47.2 Å². The molecule has 1 aliphatic rings. The normalized spacial score (nSPS) is 13.4. The molecule has 0 atom stereocenters. The molecule has 2 N–H and O–H groups in total. The minimum atomic E-state index is -0.678. The Kier molecular flexibility index (Phi) is 6.49. The number of amides is 1. The quantitative estimate of drug-likeness (QED) is 0.415. The number of ether oxygens (including phenoxy) is 1. The molecule has 2 aromatic rings. The van der Waals surface area contributed by atoms with Gasteiger partial charge in [-0.25, -0.2) is 0 Å². The first-order valence-corrected chi connectivity index (χ1v) is 9.24. The van der Waals surface area contributed by atoms with Gasteiger partial charge >= 0.3 is 0 Å². The summed E-state index contributed by atoms with van der Waals surface area (Å²) in [5, 5.41) is 27.4. The third-order valence-corrected chi connectivity index (χ3v) is 4.57. The van der Waals surface area contributed by atoms with E-state index >= 15 is 0 Å². The fourth-order valence-electron chi connectivity index (χ4n) is 2.95. The standard InChI is InChI=1S/C18H17N5O6S/c24-17(20-18(30)19-13-3-1-2-4-14(13)22(25)26)12-5-6-15(16(11-12)23(27)28)21-7-9-29-10-8-21/h1-6,11H,7-10H2,(H2,19,20,24,30). The van der Waals surface area contributed by atoms with Crippen molar-refractivity contribution in [1.82, 2.24) is 5.32 Å². The van der Waals surface area contributed by atoms with Crippen molar-refractivity contribution in [3.8, 4) is 0 Å². The molecule has 11 nitrogen and oxygen atoms in total. The number of nitrogens with zero attached hydrogens (tertiary/aromatic N) is 3. The Morgan fingerprint density at radius 2 is 1.70 bits per heavy atom. The number of nitro benzene ring substituents is 2. The van der Waals surface area contributed by atoms with Gasteiger partial charge in [-0.05, 0) is 30.4 Å². The van der Waals surface area contributed by atoms with Crippen LogP contribution in [0.5, 0.6) is 0 Å². The number of nitrogens with one attached hydrogen (secondary N) is 2. The van der Waals surface area contributed by atoms with Crippen LogP contribution in [0.3, 0.4) is 0 Å². The molecule has 2 aromatic carbocycles. The molecule has 0 bridgehead atoms. The molecule has 30 heavy (non-hydrogen) atoms. The number of benzene rings is 2. The average Bonchev–Trinajstić information content (AvgIpc) is 2.74. The van der Waals surface area contributed by atoms with Gasteiger partial charge in [0.05, 0.1) is 23.1 Å². The highest BCUT2D eigenvalue weighted by molar-refractivity contribution is 7.80. The van der Waals surface area contributed by atoms with E-state index in [0.717, 1.165) is 0 Å². The van der Waals surface area contributed by atoms with Crippen molar-refractivity contribution in [3.05, 3.63) is 68.3 Å². The van der Waals surface area contributed by atoms with E-state index in [1.54, 1.807) is 6.07 Å². The maximum absolute atomic E-state index is 12.5. The topological polar surface area (TPSA) is 140 Å². The number of thiocarbonyl (C=S) groups is 1. The van der Waals surface area contributed by atoms with Gasteiger partial charge in [-0.15, -0.1) is 0 Å². The molecule has 1 amide bonds. The molecular formula is C18H17N5O6S. The van der Waals surface area contributed by atoms with Crippen LogP contribution >= 0.6 is 12.2 Å². The number of morpholine rings is 1. The first kappa shape index (κ1) is 21.1. The van der Waals surface area contributed by atoms with Crippen molar-refractivity contribution < 1.29 is 19.4 Å². The van der Waals surface area contributed by atoms with E-state index in [-0.39, 0.29) is 27.7 Å². The second-order valence-corrected chi connectivity index (χ2v) is 6.65. The molecule has 0 spiro atoms. The lowest BCUT2D eigenvalue weighted by Crippen LogP contribution is -2.37. The highest BCUT2D eigenvalue weighted by Gasteiger charge is 2.24. The molecule has 1 saturated heterocycles. The fraction of sp³-hybridized carbons (Fsp3) is 0.222. The van der Waals surface area contributed by atoms with Gasteiger partial charge in [-0.2, -0.15) is 0 Å². The number of anilines is 2. The third-order valence-electron chi connectivity index (χ3n) is 4.36. The lowest BCUT2D eigenvalue weighted by atomic mass is 10.1. The summed E-state index contributed by atoms with van der Waals surface area (Å²) < 4.78 is 5.26. The van der Waals surface area contributed by atoms with Crippen LogP contribution in [-0.2, 0) is 4.74 Å². The van der Waals surface area contributed by atoms with Crippen LogP contribution in [0.15, 0.2) is 42.5 Å². The van der Waals surface area contributed by atoms with Gasteiger partial charge in [0.1, 0.15) is 11.4 Å². The van der Waals surface area contributed by atoms with Crippen molar-refractivity contribution in [2.75, 3.05) is 36.5 Å². The summed E-state index contributed by atoms with van der Waals surface area (Å²) in [5.41, 5.74) is 0.133. The van der Waals surface area contributed by atoms with Crippen molar-refractivity contribution in [3.63, 3.8) is 0 Å². The molecule has 1 fully saturated rings. The van der Waals surface area contributed by atoms with Crippen LogP contribution in [0.2, 0.25) is 0 Å². The maximum Gasteiger partial charge on any atom is 0.293 e. The van der Waals surface area contributed by atoms with Gasteiger partial charge in [0.15, 0.2) is 5.11 Å². The van der Waals surface area contributed by atoms with E-state index in [2.05, 4.69) is 10.6 Å². The molecule has 12 heteroatoms. The number of carbonyl (C=O) groups excluding carboxylic acids is 1. The van der Waals surface area contributed by atoms with E-state index in [9.17, 15) is 25.0 Å². The number of hydrogen-bond donors (Lipinski definition) is 2. The van der Waals surface area contributed by atoms with Crippen LogP contribution in [0.25, 0.3) is 0 Å². The Morgan fingerprint density at radius 1 is 1.03 bits per heavy atom. The smallest absolute Gasteiger partial charge is 0.293 e. The van der Waals surface area contributed by atoms with E-state index in [4.69, 9.17) is 17.0 Å². The number of para-hydroxylation sites is 2. The second-order valence-electron chi connectivity index (χ2n) is 6.24. The Labute approximate surface area is 175 Å². The van der Waals surface area contributed by atoms with Gasteiger partial charge in [0, 0.05) is 30.8 Å². The van der Waals surface area contributed by atoms with E-state index in [1.807, 2.05) is 4.90 Å². The summed E-state index contributed by atoms with van der Waals surface area (Å²) >= 11 is 5.05. The van der Waals surface area contributed by atoms with Crippen molar-refractivity contribution in [1.29, 1.82) is 0 Å². The van der Waals surface area contributed by atoms with E-state index in [1.165, 1.54) is 36.4 Å². The molecule has 3 rings (SSSR count). The summed E-state index contributed by atoms with van der Waals surface area (Å²) in [5.74, 6) is -0.678. The molecule has 0 aliphatic carbocycles. The Balaban J connectivity index is 1.75. The van der Waals surface area contributed by atoms with Crippen LogP contribution < -0.4 is 15.5 Å². The minimum absolute atomic E-state index is 0.0328. The van der Waals surface area contributed by atoms with Crippen LogP contribution in [0.1, 0.15) is 10.4 Å². The SMILES string of the molecule is O=C(NC(=S)Nc1ccccc1[N+](=O)[O-])c1ccc(N2CCOCC2)c([N+](=O)[O-])c1. The minimum Gasteiger partial charge on any atom is -0.378 e. The van der Waals surface area contributed by atoms with Gasteiger partial charge in [-0.3, -0.25) is 30.3 Å². The Hall–Kier alpha value is -3.64. The summed E-state index contributed by atoms with van der Waals surface area (Å²) in [6.07, 6.45) is 0. The highest BCUT2D eigenvalue weighted by atomic mass is 32.1. The summed E-state index contributed by atoms with van der Waals surface area (Å²) in [6.45, 7) is 1.95. The molecular weight excluding hydrogens is 414 g/mol. The van der Waals surface area contributed by atoms with Crippen LogP contribution in [0.4, 0.5) is 22.7 Å². The molecule has 156 valence electrons. The van der Waals surface area contributed by atoms with Gasteiger partial charge in [-0.1, -0.05) is 12.1 Å². The number of hydrogen-bond acceptors (Lipinski definition) is 8. The molecule has 1 aliphatic heterocycles. The molecule has 0 radical (unpaired) electrons. The molecule has 0 saturated carbocycles. The number of rotatable bonds is 5. The second kappa shape index (κ2) is 9.24. The maximum atomic E-state index is 12.5. The lowest BCUT2D eigenvalue weighted by molar-refractivity contribution is -0.384. The zero-order valence-electron chi connectivity index (χ0n) is 15.6. The summed E-state index contributed by atoms with van der Waals surface area (Å²) in [6, 6.07) is 9.96. The van der Waals surface area contributed by atoms with Crippen molar-refractivity contribution in [2.24, 2.45) is 0 Å². The molecule has 1 heterocycles. The zero-order valence-corrected chi connectivity index (χ0v) is 16.4. The first-order chi connectivity index (χ1) is 14.4. The number of carbonyl (C=O) groups is 1. The van der Waals surface area contributed by atoms with Crippen molar-refractivity contribution in [2.45, 2.75) is 0 Å². The van der Waals surface area contributed by atoms with Gasteiger partial charge < -0.3 is 15.0 Å². The third kappa shape index (κ3) is 4.85. The first-order valence-electron chi connectivity index (χ1n) is 8.83. The lowest BCUT2D eigenvalue weighted by Gasteiger charge is -2.28. The predicted molar refractivity (Wildman–Crippen MR) is 113 cm³/mol. The average molecular weight is 431 g/mol.